The van der Waals surface area contributed by atoms with E-state index in [0.29, 0.717) is 13.2 Å². The molecular weight excluding hydrogens is 270 g/mol. The Morgan fingerprint density at radius 1 is 1.05 bits per heavy atom. The number of piperidine rings is 1. The molecule has 5 heteroatoms. The molecule has 1 saturated heterocycles. The van der Waals surface area contributed by atoms with E-state index in [1.165, 1.54) is 25.7 Å². The molecule has 0 spiro atoms. The van der Waals surface area contributed by atoms with Gasteiger partial charge in [-0.25, -0.2) is 0 Å². The molecule has 1 heterocycles. The lowest BCUT2D eigenvalue weighted by Crippen LogP contribution is -2.61. The molecule has 0 amide bonds. The first kappa shape index (κ1) is 18.8. The van der Waals surface area contributed by atoms with Gasteiger partial charge in [0.15, 0.2) is 0 Å². The van der Waals surface area contributed by atoms with Gasteiger partial charge in [-0.1, -0.05) is 46.0 Å². The average Bonchev–Trinajstić information content (AvgIpc) is 2.46. The minimum absolute atomic E-state index is 0.179. The van der Waals surface area contributed by atoms with Crippen LogP contribution in [0.2, 0.25) is 0 Å². The quantitative estimate of drug-likeness (QED) is 0.454. The van der Waals surface area contributed by atoms with Crippen molar-refractivity contribution in [2.45, 2.75) is 76.7 Å². The maximum atomic E-state index is 9.94. The monoisotopic (exact) mass is 303 g/mol. The summed E-state index contributed by atoms with van der Waals surface area (Å²) in [6, 6.07) is -0.458. The van der Waals surface area contributed by atoms with Gasteiger partial charge in [-0.05, 0) is 12.3 Å². The van der Waals surface area contributed by atoms with Gasteiger partial charge in [-0.2, -0.15) is 0 Å². The van der Waals surface area contributed by atoms with Crippen LogP contribution < -0.4 is 5.32 Å². The molecule has 21 heavy (non-hydrogen) atoms. The summed E-state index contributed by atoms with van der Waals surface area (Å²) >= 11 is 0. The molecule has 5 nitrogen and oxygen atoms in total. The van der Waals surface area contributed by atoms with E-state index >= 15 is 0 Å². The molecule has 4 N–H and O–H groups in total. The van der Waals surface area contributed by atoms with Gasteiger partial charge < -0.3 is 25.4 Å². The summed E-state index contributed by atoms with van der Waals surface area (Å²) < 4.78 is 5.65. The fourth-order valence-electron chi connectivity index (χ4n) is 2.72. The van der Waals surface area contributed by atoms with E-state index in [9.17, 15) is 10.2 Å². The molecule has 126 valence electrons. The predicted octanol–water partition coefficient (Wildman–Crippen LogP) is 1.05. The van der Waals surface area contributed by atoms with Gasteiger partial charge in [0.05, 0.1) is 24.9 Å². The highest BCUT2D eigenvalue weighted by Crippen LogP contribution is 2.15. The fraction of sp³-hybridized carbons (Fsp3) is 1.00. The van der Waals surface area contributed by atoms with Crippen molar-refractivity contribution in [3.63, 3.8) is 0 Å². The molecule has 1 aliphatic heterocycles. The van der Waals surface area contributed by atoms with Crippen LogP contribution in [0.4, 0.5) is 0 Å². The van der Waals surface area contributed by atoms with Crippen molar-refractivity contribution in [2.24, 2.45) is 5.92 Å². The fourth-order valence-corrected chi connectivity index (χ4v) is 2.72. The topological polar surface area (TPSA) is 82.0 Å². The molecule has 4 atom stereocenters. The van der Waals surface area contributed by atoms with Crippen LogP contribution in [0, 0.1) is 5.92 Å². The SMILES string of the molecule is CC(C)CCCCCCCO[C@H]1CNC(CO)[C@@H](O)[C@@H]1O. The summed E-state index contributed by atoms with van der Waals surface area (Å²) in [5.74, 6) is 0.794. The Morgan fingerprint density at radius 3 is 2.38 bits per heavy atom. The molecule has 1 unspecified atom stereocenters. The summed E-state index contributed by atoms with van der Waals surface area (Å²) in [5.41, 5.74) is 0. The van der Waals surface area contributed by atoms with Gasteiger partial charge in [0.1, 0.15) is 6.10 Å². The smallest absolute Gasteiger partial charge is 0.109 e. The van der Waals surface area contributed by atoms with Gasteiger partial charge in [0.25, 0.3) is 0 Å². The van der Waals surface area contributed by atoms with Crippen molar-refractivity contribution in [1.29, 1.82) is 0 Å². The van der Waals surface area contributed by atoms with Crippen molar-refractivity contribution in [2.75, 3.05) is 19.8 Å². The molecule has 0 saturated carbocycles. The molecule has 1 rings (SSSR count). The van der Waals surface area contributed by atoms with Gasteiger partial charge >= 0.3 is 0 Å². The van der Waals surface area contributed by atoms with Crippen molar-refractivity contribution in [3.8, 4) is 0 Å². The van der Waals surface area contributed by atoms with Crippen molar-refractivity contribution >= 4 is 0 Å². The Hall–Kier alpha value is -0.200. The minimum Gasteiger partial charge on any atom is -0.395 e. The van der Waals surface area contributed by atoms with Crippen LogP contribution in [0.25, 0.3) is 0 Å². The van der Waals surface area contributed by atoms with Gasteiger partial charge in [0, 0.05) is 13.2 Å². The van der Waals surface area contributed by atoms with Gasteiger partial charge in [-0.15, -0.1) is 0 Å². The van der Waals surface area contributed by atoms with E-state index in [-0.39, 0.29) is 12.7 Å². The van der Waals surface area contributed by atoms with E-state index in [4.69, 9.17) is 9.84 Å². The third-order valence-corrected chi connectivity index (χ3v) is 4.18. The Labute approximate surface area is 128 Å². The van der Waals surface area contributed by atoms with Gasteiger partial charge in [0.2, 0.25) is 0 Å². The lowest BCUT2D eigenvalue weighted by atomic mass is 9.96. The highest BCUT2D eigenvalue weighted by molar-refractivity contribution is 4.92. The molecular formula is C16H33NO4. The molecule has 1 aliphatic rings. The zero-order valence-corrected chi connectivity index (χ0v) is 13.5. The van der Waals surface area contributed by atoms with Gasteiger partial charge in [-0.3, -0.25) is 0 Å². The van der Waals surface area contributed by atoms with Crippen molar-refractivity contribution in [1.82, 2.24) is 5.32 Å². The zero-order valence-electron chi connectivity index (χ0n) is 13.5. The first-order chi connectivity index (χ1) is 10.1. The molecule has 0 bridgehead atoms. The van der Waals surface area contributed by atoms with Crippen molar-refractivity contribution < 1.29 is 20.1 Å². The zero-order chi connectivity index (χ0) is 15.7. The number of rotatable bonds is 10. The summed E-state index contributed by atoms with van der Waals surface area (Å²) in [7, 11) is 0. The first-order valence-corrected chi connectivity index (χ1v) is 8.38. The van der Waals surface area contributed by atoms with Crippen LogP contribution in [-0.2, 0) is 4.74 Å². The van der Waals surface area contributed by atoms with Crippen LogP contribution in [0.15, 0.2) is 0 Å². The molecule has 0 aliphatic carbocycles. The number of aliphatic hydroxyl groups excluding tert-OH is 3. The summed E-state index contributed by atoms with van der Waals surface area (Å²) in [5, 5.41) is 31.8. The van der Waals surface area contributed by atoms with Crippen LogP contribution in [0.3, 0.4) is 0 Å². The Kier molecular flexibility index (Phi) is 9.44. The van der Waals surface area contributed by atoms with Crippen molar-refractivity contribution in [3.05, 3.63) is 0 Å². The number of unbranched alkanes of at least 4 members (excludes halogenated alkanes) is 4. The number of hydrogen-bond acceptors (Lipinski definition) is 5. The van der Waals surface area contributed by atoms with Crippen LogP contribution >= 0.6 is 0 Å². The Morgan fingerprint density at radius 2 is 1.71 bits per heavy atom. The lowest BCUT2D eigenvalue weighted by Gasteiger charge is -2.37. The van der Waals surface area contributed by atoms with E-state index < -0.39 is 18.2 Å². The Bertz CT molecular complexity index is 263. The van der Waals surface area contributed by atoms with E-state index in [1.807, 2.05) is 0 Å². The number of hydrogen-bond donors (Lipinski definition) is 4. The van der Waals surface area contributed by atoms with Crippen LogP contribution in [-0.4, -0.2) is 59.4 Å². The second-order valence-corrected chi connectivity index (χ2v) is 6.54. The lowest BCUT2D eigenvalue weighted by molar-refractivity contribution is -0.124. The molecule has 0 aromatic carbocycles. The number of ether oxygens (including phenoxy) is 1. The standard InChI is InChI=1S/C16H33NO4/c1-12(2)8-6-4-3-5-7-9-21-14-10-17-13(11-18)15(19)16(14)20/h12-20H,3-11H2,1-2H3/t13?,14-,15+,16+/m0/s1. The Balaban J connectivity index is 2.03. The summed E-state index contributed by atoms with van der Waals surface area (Å²) in [6.45, 7) is 5.42. The molecule has 0 aromatic heterocycles. The number of aliphatic hydroxyl groups is 3. The predicted molar refractivity (Wildman–Crippen MR) is 83.2 cm³/mol. The second kappa shape index (κ2) is 10.5. The third-order valence-electron chi connectivity index (χ3n) is 4.18. The van der Waals surface area contributed by atoms with Crippen LogP contribution in [0.5, 0.6) is 0 Å². The maximum Gasteiger partial charge on any atom is 0.109 e. The van der Waals surface area contributed by atoms with E-state index in [1.54, 1.807) is 0 Å². The maximum absolute atomic E-state index is 9.94. The number of nitrogens with one attached hydrogen (secondary N) is 1. The normalized spacial score (nSPS) is 30.0. The third kappa shape index (κ3) is 7.06. The van der Waals surface area contributed by atoms with E-state index in [2.05, 4.69) is 19.2 Å². The average molecular weight is 303 g/mol. The summed E-state index contributed by atoms with van der Waals surface area (Å²) in [6.07, 6.45) is 4.99. The highest BCUT2D eigenvalue weighted by atomic mass is 16.5. The molecule has 1 fully saturated rings. The largest absolute Gasteiger partial charge is 0.395 e. The minimum atomic E-state index is -0.968. The van der Waals surface area contributed by atoms with E-state index in [0.717, 1.165) is 18.8 Å². The second-order valence-electron chi connectivity index (χ2n) is 6.54. The van der Waals surface area contributed by atoms with Crippen LogP contribution in [0.1, 0.15) is 52.4 Å². The molecule has 0 aromatic rings. The molecule has 0 radical (unpaired) electrons. The summed E-state index contributed by atoms with van der Waals surface area (Å²) in [4.78, 5) is 0. The highest BCUT2D eigenvalue weighted by Gasteiger charge is 2.37. The first-order valence-electron chi connectivity index (χ1n) is 8.38.